The Morgan fingerprint density at radius 3 is 3.00 bits per heavy atom. The van der Waals surface area contributed by atoms with E-state index in [1.807, 2.05) is 0 Å². The van der Waals surface area contributed by atoms with Crippen molar-refractivity contribution in [1.29, 1.82) is 0 Å². The van der Waals surface area contributed by atoms with E-state index in [0.29, 0.717) is 24.7 Å². The number of nitrogens with zero attached hydrogens (tertiary/aromatic N) is 2. The summed E-state index contributed by atoms with van der Waals surface area (Å²) in [5.41, 5.74) is 0. The average molecular weight is 182 g/mol. The molecule has 1 heterocycles. The van der Waals surface area contributed by atoms with Crippen LogP contribution >= 0.6 is 0 Å². The third-order valence-electron chi connectivity index (χ3n) is 2.20. The molecule has 0 aromatic carbocycles. The van der Waals surface area contributed by atoms with Gasteiger partial charge in [0.1, 0.15) is 0 Å². The van der Waals surface area contributed by atoms with Crippen molar-refractivity contribution in [2.24, 2.45) is 0 Å². The van der Waals surface area contributed by atoms with E-state index < -0.39 is 0 Å². The highest BCUT2D eigenvalue weighted by Gasteiger charge is 2.28. The van der Waals surface area contributed by atoms with Crippen molar-refractivity contribution < 1.29 is 9.63 Å². The molecule has 1 unspecified atom stereocenters. The van der Waals surface area contributed by atoms with E-state index in [0.717, 1.165) is 5.82 Å². The van der Waals surface area contributed by atoms with Crippen molar-refractivity contribution in [2.75, 3.05) is 0 Å². The minimum absolute atomic E-state index is 0.295. The lowest BCUT2D eigenvalue weighted by Gasteiger charge is -1.98. The Hall–Kier alpha value is -0.900. The summed E-state index contributed by atoms with van der Waals surface area (Å²) < 4.78 is 5.04. The van der Waals surface area contributed by atoms with Crippen LogP contribution in [0.4, 0.5) is 0 Å². The molecule has 1 saturated carbocycles. The maximum atomic E-state index is 9.05. The molecule has 0 amide bonds. The molecule has 1 N–H and O–H groups in total. The summed E-state index contributed by atoms with van der Waals surface area (Å²) in [5.74, 6) is 2.05. The maximum absolute atomic E-state index is 9.05. The Morgan fingerprint density at radius 2 is 2.38 bits per heavy atom. The summed E-state index contributed by atoms with van der Waals surface area (Å²) in [5, 5.41) is 12.9. The molecule has 72 valence electrons. The molecule has 1 aromatic heterocycles. The van der Waals surface area contributed by atoms with Crippen LogP contribution < -0.4 is 0 Å². The maximum Gasteiger partial charge on any atom is 0.226 e. The van der Waals surface area contributed by atoms with Crippen LogP contribution in [0.3, 0.4) is 0 Å². The van der Waals surface area contributed by atoms with Crippen molar-refractivity contribution in [3.63, 3.8) is 0 Å². The molecule has 0 aliphatic heterocycles. The normalized spacial score (nSPS) is 18.9. The summed E-state index contributed by atoms with van der Waals surface area (Å²) >= 11 is 0. The molecule has 1 aliphatic rings. The third-order valence-corrected chi connectivity index (χ3v) is 2.20. The minimum Gasteiger partial charge on any atom is -0.393 e. The van der Waals surface area contributed by atoms with Gasteiger partial charge in [-0.1, -0.05) is 5.16 Å². The van der Waals surface area contributed by atoms with Crippen LogP contribution in [0.25, 0.3) is 0 Å². The highest BCUT2D eigenvalue weighted by Crippen LogP contribution is 2.38. The molecule has 0 spiro atoms. The Kier molecular flexibility index (Phi) is 2.31. The SMILES string of the molecule is CC(O)CCc1nc(C2CC2)no1. The van der Waals surface area contributed by atoms with E-state index in [9.17, 15) is 0 Å². The predicted octanol–water partition coefficient (Wildman–Crippen LogP) is 1.26. The first-order chi connectivity index (χ1) is 6.25. The van der Waals surface area contributed by atoms with E-state index in [1.165, 1.54) is 12.8 Å². The largest absolute Gasteiger partial charge is 0.393 e. The monoisotopic (exact) mass is 182 g/mol. The number of hydrogen-bond donors (Lipinski definition) is 1. The van der Waals surface area contributed by atoms with Gasteiger partial charge in [-0.15, -0.1) is 0 Å². The second kappa shape index (κ2) is 3.46. The van der Waals surface area contributed by atoms with E-state index in [4.69, 9.17) is 9.63 Å². The minimum atomic E-state index is -0.295. The highest BCUT2D eigenvalue weighted by atomic mass is 16.5. The zero-order valence-electron chi connectivity index (χ0n) is 7.73. The summed E-state index contributed by atoms with van der Waals surface area (Å²) in [6.45, 7) is 1.76. The number of aryl methyl sites for hydroxylation is 1. The fourth-order valence-electron chi connectivity index (χ4n) is 1.21. The highest BCUT2D eigenvalue weighted by molar-refractivity contribution is 5.03. The number of aromatic nitrogens is 2. The van der Waals surface area contributed by atoms with Gasteiger partial charge in [-0.3, -0.25) is 0 Å². The lowest BCUT2D eigenvalue weighted by Crippen LogP contribution is -2.01. The van der Waals surface area contributed by atoms with E-state index in [2.05, 4.69) is 10.1 Å². The first-order valence-corrected chi connectivity index (χ1v) is 4.76. The zero-order valence-corrected chi connectivity index (χ0v) is 7.73. The topological polar surface area (TPSA) is 59.2 Å². The predicted molar refractivity (Wildman–Crippen MR) is 46.3 cm³/mol. The fourth-order valence-corrected chi connectivity index (χ4v) is 1.21. The number of aliphatic hydroxyl groups excluding tert-OH is 1. The van der Waals surface area contributed by atoms with Gasteiger partial charge >= 0.3 is 0 Å². The second-order valence-corrected chi connectivity index (χ2v) is 3.71. The van der Waals surface area contributed by atoms with Gasteiger partial charge in [-0.25, -0.2) is 0 Å². The third kappa shape index (κ3) is 2.28. The summed E-state index contributed by atoms with van der Waals surface area (Å²) in [4.78, 5) is 4.26. The molecule has 0 bridgehead atoms. The number of rotatable bonds is 4. The Labute approximate surface area is 77.0 Å². The molecule has 1 fully saturated rings. The molecule has 1 aliphatic carbocycles. The smallest absolute Gasteiger partial charge is 0.226 e. The molecule has 1 aromatic rings. The van der Waals surface area contributed by atoms with Gasteiger partial charge in [0.05, 0.1) is 6.10 Å². The summed E-state index contributed by atoms with van der Waals surface area (Å²) in [6.07, 6.45) is 3.45. The molecule has 4 heteroatoms. The molecule has 1 atom stereocenters. The van der Waals surface area contributed by atoms with Crippen LogP contribution in [0.5, 0.6) is 0 Å². The van der Waals surface area contributed by atoms with Crippen molar-refractivity contribution in [1.82, 2.24) is 10.1 Å². The first-order valence-electron chi connectivity index (χ1n) is 4.76. The van der Waals surface area contributed by atoms with Crippen molar-refractivity contribution in [2.45, 2.75) is 44.6 Å². The Bertz CT molecular complexity index is 279. The van der Waals surface area contributed by atoms with Crippen LogP contribution in [0.1, 0.15) is 43.8 Å². The van der Waals surface area contributed by atoms with Crippen molar-refractivity contribution >= 4 is 0 Å². The molecule has 0 radical (unpaired) electrons. The van der Waals surface area contributed by atoms with Gasteiger partial charge in [0, 0.05) is 12.3 Å². The van der Waals surface area contributed by atoms with Crippen LogP contribution in [0, 0.1) is 0 Å². The Balaban J connectivity index is 1.89. The van der Waals surface area contributed by atoms with Crippen molar-refractivity contribution in [3.05, 3.63) is 11.7 Å². The van der Waals surface area contributed by atoms with E-state index in [1.54, 1.807) is 6.92 Å². The van der Waals surface area contributed by atoms with Crippen LogP contribution in [0.15, 0.2) is 4.52 Å². The first kappa shape index (κ1) is 8.69. The van der Waals surface area contributed by atoms with Gasteiger partial charge in [0.2, 0.25) is 5.89 Å². The summed E-state index contributed by atoms with van der Waals surface area (Å²) in [6, 6.07) is 0. The van der Waals surface area contributed by atoms with Gasteiger partial charge in [-0.05, 0) is 26.2 Å². The number of aliphatic hydroxyl groups is 1. The quantitative estimate of drug-likeness (QED) is 0.761. The van der Waals surface area contributed by atoms with Gasteiger partial charge in [-0.2, -0.15) is 4.98 Å². The molecular weight excluding hydrogens is 168 g/mol. The lowest BCUT2D eigenvalue weighted by atomic mass is 10.2. The van der Waals surface area contributed by atoms with Gasteiger partial charge in [0.15, 0.2) is 5.82 Å². The standard InChI is InChI=1S/C9H14N2O2/c1-6(12)2-5-8-10-9(11-13-8)7-3-4-7/h6-7,12H,2-5H2,1H3. The summed E-state index contributed by atoms with van der Waals surface area (Å²) in [7, 11) is 0. The lowest BCUT2D eigenvalue weighted by molar-refractivity contribution is 0.180. The molecular formula is C9H14N2O2. The second-order valence-electron chi connectivity index (χ2n) is 3.71. The van der Waals surface area contributed by atoms with Crippen LogP contribution in [-0.2, 0) is 6.42 Å². The van der Waals surface area contributed by atoms with E-state index in [-0.39, 0.29) is 6.10 Å². The van der Waals surface area contributed by atoms with Crippen molar-refractivity contribution in [3.8, 4) is 0 Å². The molecule has 0 saturated heterocycles. The average Bonchev–Trinajstić information content (AvgIpc) is 2.83. The molecule has 4 nitrogen and oxygen atoms in total. The van der Waals surface area contributed by atoms with Gasteiger partial charge < -0.3 is 9.63 Å². The fraction of sp³-hybridized carbons (Fsp3) is 0.778. The molecule has 13 heavy (non-hydrogen) atoms. The van der Waals surface area contributed by atoms with Crippen LogP contribution in [-0.4, -0.2) is 21.4 Å². The van der Waals surface area contributed by atoms with E-state index >= 15 is 0 Å². The Morgan fingerprint density at radius 1 is 1.62 bits per heavy atom. The van der Waals surface area contributed by atoms with Gasteiger partial charge in [0.25, 0.3) is 0 Å². The zero-order chi connectivity index (χ0) is 9.26. The molecule has 2 rings (SSSR count). The number of hydrogen-bond acceptors (Lipinski definition) is 4. The van der Waals surface area contributed by atoms with Crippen LogP contribution in [0.2, 0.25) is 0 Å².